The van der Waals surface area contributed by atoms with Gasteiger partial charge in [-0.15, -0.1) is 0 Å². The van der Waals surface area contributed by atoms with E-state index in [1.165, 1.54) is 0 Å². The highest BCUT2D eigenvalue weighted by molar-refractivity contribution is 6.31. The standard InChI is InChI=1S/C15H13ClO2/c1-11-9-12(7-8-14(11)16)15(17)10-18-13-5-3-2-4-6-13/h2-9H,10H2,1H3. The molecule has 0 atom stereocenters. The fourth-order valence-corrected chi connectivity index (χ4v) is 1.68. The minimum absolute atomic E-state index is 0.0328. The van der Waals surface area contributed by atoms with Crippen LogP contribution in [-0.2, 0) is 0 Å². The molecule has 0 N–H and O–H groups in total. The lowest BCUT2D eigenvalue weighted by molar-refractivity contribution is 0.0921. The Morgan fingerprint density at radius 2 is 1.89 bits per heavy atom. The van der Waals surface area contributed by atoms with Crippen LogP contribution in [0.15, 0.2) is 48.5 Å². The Bertz CT molecular complexity index is 550. The minimum Gasteiger partial charge on any atom is -0.485 e. The molecule has 2 nitrogen and oxygen atoms in total. The second-order valence-electron chi connectivity index (χ2n) is 3.99. The number of hydrogen-bond donors (Lipinski definition) is 0. The van der Waals surface area contributed by atoms with E-state index in [0.717, 1.165) is 5.56 Å². The van der Waals surface area contributed by atoms with Crippen LogP contribution in [0.2, 0.25) is 5.02 Å². The first kappa shape index (κ1) is 12.7. The summed E-state index contributed by atoms with van der Waals surface area (Å²) in [6.45, 7) is 1.91. The minimum atomic E-state index is -0.0568. The normalized spacial score (nSPS) is 10.1. The molecule has 0 spiro atoms. The number of halogens is 1. The van der Waals surface area contributed by atoms with E-state index in [0.29, 0.717) is 16.3 Å². The molecule has 0 aliphatic heterocycles. The van der Waals surface area contributed by atoms with Crippen LogP contribution in [0.1, 0.15) is 15.9 Å². The molecule has 0 aliphatic rings. The highest BCUT2D eigenvalue weighted by Crippen LogP contribution is 2.17. The molecule has 18 heavy (non-hydrogen) atoms. The zero-order valence-corrected chi connectivity index (χ0v) is 10.8. The molecule has 0 heterocycles. The molecule has 0 bridgehead atoms. The van der Waals surface area contributed by atoms with Gasteiger partial charge >= 0.3 is 0 Å². The molecule has 0 unspecified atom stereocenters. The lowest BCUT2D eigenvalue weighted by atomic mass is 10.1. The zero-order chi connectivity index (χ0) is 13.0. The van der Waals surface area contributed by atoms with Gasteiger partial charge < -0.3 is 4.74 Å². The van der Waals surface area contributed by atoms with E-state index in [2.05, 4.69) is 0 Å². The van der Waals surface area contributed by atoms with E-state index in [4.69, 9.17) is 16.3 Å². The Balaban J connectivity index is 2.02. The number of rotatable bonds is 4. The van der Waals surface area contributed by atoms with Gasteiger partial charge in [0.25, 0.3) is 0 Å². The fraction of sp³-hybridized carbons (Fsp3) is 0.133. The van der Waals surface area contributed by atoms with Crippen LogP contribution in [0.5, 0.6) is 5.75 Å². The number of ether oxygens (including phenoxy) is 1. The molecular formula is C15H13ClO2. The van der Waals surface area contributed by atoms with Crippen molar-refractivity contribution in [3.63, 3.8) is 0 Å². The van der Waals surface area contributed by atoms with Crippen molar-refractivity contribution in [1.29, 1.82) is 0 Å². The second kappa shape index (κ2) is 5.69. The first-order chi connectivity index (χ1) is 8.66. The van der Waals surface area contributed by atoms with Gasteiger partial charge in [-0.2, -0.15) is 0 Å². The summed E-state index contributed by atoms with van der Waals surface area (Å²) in [6.07, 6.45) is 0. The molecule has 0 amide bonds. The van der Waals surface area contributed by atoms with E-state index in [-0.39, 0.29) is 12.4 Å². The highest BCUT2D eigenvalue weighted by Gasteiger charge is 2.08. The molecule has 2 aromatic rings. The lowest BCUT2D eigenvalue weighted by Gasteiger charge is -2.06. The number of carbonyl (C=O) groups excluding carboxylic acids is 1. The summed E-state index contributed by atoms with van der Waals surface area (Å²) < 4.78 is 5.41. The van der Waals surface area contributed by atoms with Crippen LogP contribution in [0.25, 0.3) is 0 Å². The number of ketones is 1. The van der Waals surface area contributed by atoms with Crippen molar-refractivity contribution in [1.82, 2.24) is 0 Å². The van der Waals surface area contributed by atoms with Crippen molar-refractivity contribution < 1.29 is 9.53 Å². The average Bonchev–Trinajstić information content (AvgIpc) is 2.40. The second-order valence-corrected chi connectivity index (χ2v) is 4.40. The summed E-state index contributed by atoms with van der Waals surface area (Å²) in [4.78, 5) is 11.9. The molecular weight excluding hydrogens is 248 g/mol. The molecule has 92 valence electrons. The Labute approximate surface area is 111 Å². The molecule has 0 aliphatic carbocycles. The van der Waals surface area contributed by atoms with E-state index in [1.54, 1.807) is 18.2 Å². The van der Waals surface area contributed by atoms with Gasteiger partial charge in [0.05, 0.1) is 0 Å². The molecule has 2 aromatic carbocycles. The van der Waals surface area contributed by atoms with Gasteiger partial charge in [-0.05, 0) is 42.8 Å². The van der Waals surface area contributed by atoms with Gasteiger partial charge in [0.2, 0.25) is 0 Å². The molecule has 2 rings (SSSR count). The van der Waals surface area contributed by atoms with Crippen molar-refractivity contribution in [3.05, 3.63) is 64.7 Å². The Morgan fingerprint density at radius 3 is 2.56 bits per heavy atom. The number of aryl methyl sites for hydroxylation is 1. The van der Waals surface area contributed by atoms with E-state index < -0.39 is 0 Å². The van der Waals surface area contributed by atoms with E-state index >= 15 is 0 Å². The van der Waals surface area contributed by atoms with Crippen LogP contribution >= 0.6 is 11.6 Å². The Morgan fingerprint density at radius 1 is 1.17 bits per heavy atom. The SMILES string of the molecule is Cc1cc(C(=O)COc2ccccc2)ccc1Cl. The molecule has 0 fully saturated rings. The van der Waals surface area contributed by atoms with Crippen LogP contribution in [0, 0.1) is 6.92 Å². The van der Waals surface area contributed by atoms with Crippen molar-refractivity contribution in [2.24, 2.45) is 0 Å². The third-order valence-corrected chi connectivity index (χ3v) is 3.02. The topological polar surface area (TPSA) is 26.3 Å². The molecule has 3 heteroatoms. The van der Waals surface area contributed by atoms with Gasteiger partial charge in [0.15, 0.2) is 12.4 Å². The summed E-state index contributed by atoms with van der Waals surface area (Å²) >= 11 is 5.92. The Hall–Kier alpha value is -1.80. The predicted molar refractivity (Wildman–Crippen MR) is 72.5 cm³/mol. The number of benzene rings is 2. The van der Waals surface area contributed by atoms with E-state index in [1.807, 2.05) is 37.3 Å². The first-order valence-electron chi connectivity index (χ1n) is 5.64. The number of carbonyl (C=O) groups is 1. The van der Waals surface area contributed by atoms with Gasteiger partial charge in [-0.25, -0.2) is 0 Å². The number of para-hydroxylation sites is 1. The number of hydrogen-bond acceptors (Lipinski definition) is 2. The summed E-state index contributed by atoms with van der Waals surface area (Å²) in [5.74, 6) is 0.634. The maximum absolute atomic E-state index is 11.9. The zero-order valence-electron chi connectivity index (χ0n) is 10.0. The summed E-state index contributed by atoms with van der Waals surface area (Å²) in [7, 11) is 0. The third kappa shape index (κ3) is 3.11. The highest BCUT2D eigenvalue weighted by atomic mass is 35.5. The van der Waals surface area contributed by atoms with Crippen molar-refractivity contribution in [2.45, 2.75) is 6.92 Å². The third-order valence-electron chi connectivity index (χ3n) is 2.59. The van der Waals surface area contributed by atoms with Crippen LogP contribution in [0.4, 0.5) is 0 Å². The van der Waals surface area contributed by atoms with Crippen LogP contribution in [-0.4, -0.2) is 12.4 Å². The van der Waals surface area contributed by atoms with E-state index in [9.17, 15) is 4.79 Å². The van der Waals surface area contributed by atoms with Gasteiger partial charge in [-0.3, -0.25) is 4.79 Å². The van der Waals surface area contributed by atoms with Crippen LogP contribution in [0.3, 0.4) is 0 Å². The molecule has 0 aromatic heterocycles. The van der Waals surface area contributed by atoms with Crippen molar-refractivity contribution >= 4 is 17.4 Å². The van der Waals surface area contributed by atoms with Gasteiger partial charge in [-0.1, -0.05) is 29.8 Å². The summed E-state index contributed by atoms with van der Waals surface area (Å²) in [5, 5.41) is 0.663. The predicted octanol–water partition coefficient (Wildman–Crippen LogP) is 3.91. The first-order valence-corrected chi connectivity index (χ1v) is 6.02. The van der Waals surface area contributed by atoms with Gasteiger partial charge in [0, 0.05) is 10.6 Å². The maximum atomic E-state index is 11.9. The largest absolute Gasteiger partial charge is 0.485 e. The van der Waals surface area contributed by atoms with Crippen molar-refractivity contribution in [2.75, 3.05) is 6.61 Å². The molecule has 0 saturated heterocycles. The Kier molecular flexibility index (Phi) is 4.00. The van der Waals surface area contributed by atoms with Gasteiger partial charge in [0.1, 0.15) is 5.75 Å². The van der Waals surface area contributed by atoms with Crippen LogP contribution < -0.4 is 4.74 Å². The molecule has 0 radical (unpaired) electrons. The fourth-order valence-electron chi connectivity index (χ4n) is 1.57. The number of Topliss-reactive ketones (excluding diaryl/α,β-unsaturated/α-hetero) is 1. The summed E-state index contributed by atoms with van der Waals surface area (Å²) in [5.41, 5.74) is 1.51. The average molecular weight is 261 g/mol. The summed E-state index contributed by atoms with van der Waals surface area (Å²) in [6, 6.07) is 14.5. The monoisotopic (exact) mass is 260 g/mol. The molecule has 0 saturated carbocycles. The van der Waals surface area contributed by atoms with Crippen molar-refractivity contribution in [3.8, 4) is 5.75 Å². The maximum Gasteiger partial charge on any atom is 0.200 e. The quantitative estimate of drug-likeness (QED) is 0.779. The smallest absolute Gasteiger partial charge is 0.200 e. The lowest BCUT2D eigenvalue weighted by Crippen LogP contribution is -2.11.